The smallest absolute Gasteiger partial charge is 0.239 e. The number of aryl methyl sites for hydroxylation is 1. The van der Waals surface area contributed by atoms with Crippen molar-refractivity contribution in [3.8, 4) is 0 Å². The summed E-state index contributed by atoms with van der Waals surface area (Å²) in [4.78, 5) is 11.7. The standard InChI is InChI=1S/C16H17FN2O/c1-12-4-2-3-5-13(12)10-19-16(20)11-18-15-8-6-14(17)7-9-15/h2-9,18H,10-11H2,1H3,(H,19,20). The van der Waals surface area contributed by atoms with Gasteiger partial charge >= 0.3 is 0 Å². The molecule has 0 aliphatic rings. The van der Waals surface area contributed by atoms with Gasteiger partial charge in [-0.3, -0.25) is 4.79 Å². The van der Waals surface area contributed by atoms with Crippen LogP contribution in [0.3, 0.4) is 0 Å². The first-order chi connectivity index (χ1) is 9.65. The molecule has 0 saturated carbocycles. The zero-order valence-electron chi connectivity index (χ0n) is 11.3. The van der Waals surface area contributed by atoms with Gasteiger partial charge in [-0.15, -0.1) is 0 Å². The number of carbonyl (C=O) groups is 1. The highest BCUT2D eigenvalue weighted by atomic mass is 19.1. The van der Waals surface area contributed by atoms with Gasteiger partial charge in [-0.25, -0.2) is 4.39 Å². The van der Waals surface area contributed by atoms with Crippen LogP contribution in [-0.4, -0.2) is 12.5 Å². The second kappa shape index (κ2) is 6.70. The largest absolute Gasteiger partial charge is 0.376 e. The average molecular weight is 272 g/mol. The second-order valence-corrected chi connectivity index (χ2v) is 4.56. The fourth-order valence-electron chi connectivity index (χ4n) is 1.81. The van der Waals surface area contributed by atoms with Gasteiger partial charge in [-0.2, -0.15) is 0 Å². The number of rotatable bonds is 5. The summed E-state index contributed by atoms with van der Waals surface area (Å²) >= 11 is 0. The maximum Gasteiger partial charge on any atom is 0.239 e. The Kier molecular flexibility index (Phi) is 4.71. The summed E-state index contributed by atoms with van der Waals surface area (Å²) in [6.45, 7) is 2.69. The fourth-order valence-corrected chi connectivity index (χ4v) is 1.81. The molecule has 20 heavy (non-hydrogen) atoms. The van der Waals surface area contributed by atoms with Crippen LogP contribution in [0.5, 0.6) is 0 Å². The van der Waals surface area contributed by atoms with Gasteiger partial charge in [0.2, 0.25) is 5.91 Å². The molecule has 0 heterocycles. The van der Waals surface area contributed by atoms with Crippen molar-refractivity contribution in [2.45, 2.75) is 13.5 Å². The number of hydrogen-bond donors (Lipinski definition) is 2. The molecule has 0 bridgehead atoms. The maximum atomic E-state index is 12.7. The van der Waals surface area contributed by atoms with Crippen LogP contribution >= 0.6 is 0 Å². The predicted molar refractivity (Wildman–Crippen MR) is 77.9 cm³/mol. The first-order valence-electron chi connectivity index (χ1n) is 6.46. The third kappa shape index (κ3) is 4.09. The quantitative estimate of drug-likeness (QED) is 0.878. The molecule has 2 N–H and O–H groups in total. The molecule has 0 radical (unpaired) electrons. The van der Waals surface area contributed by atoms with Crippen LogP contribution < -0.4 is 10.6 Å². The lowest BCUT2D eigenvalue weighted by molar-refractivity contribution is -0.119. The molecule has 0 spiro atoms. The van der Waals surface area contributed by atoms with Crippen molar-refractivity contribution in [3.05, 3.63) is 65.5 Å². The Labute approximate surface area is 117 Å². The average Bonchev–Trinajstić information content (AvgIpc) is 2.46. The van der Waals surface area contributed by atoms with Crippen molar-refractivity contribution >= 4 is 11.6 Å². The number of nitrogens with one attached hydrogen (secondary N) is 2. The Morgan fingerprint density at radius 3 is 2.50 bits per heavy atom. The summed E-state index contributed by atoms with van der Waals surface area (Å²) in [6.07, 6.45) is 0. The van der Waals surface area contributed by atoms with Gasteiger partial charge in [-0.1, -0.05) is 24.3 Å². The van der Waals surface area contributed by atoms with Crippen LogP contribution in [0.2, 0.25) is 0 Å². The van der Waals surface area contributed by atoms with Crippen molar-refractivity contribution in [2.24, 2.45) is 0 Å². The highest BCUT2D eigenvalue weighted by molar-refractivity contribution is 5.80. The number of halogens is 1. The molecule has 2 rings (SSSR count). The van der Waals surface area contributed by atoms with Crippen molar-refractivity contribution in [3.63, 3.8) is 0 Å². The van der Waals surface area contributed by atoms with Crippen LogP contribution in [0, 0.1) is 12.7 Å². The summed E-state index contributed by atoms with van der Waals surface area (Å²) in [5, 5.41) is 5.79. The first kappa shape index (κ1) is 14.1. The molecule has 2 aromatic rings. The molecule has 0 fully saturated rings. The Hall–Kier alpha value is -2.36. The SMILES string of the molecule is Cc1ccccc1CNC(=O)CNc1ccc(F)cc1. The van der Waals surface area contributed by atoms with Crippen molar-refractivity contribution in [1.82, 2.24) is 5.32 Å². The normalized spacial score (nSPS) is 10.1. The van der Waals surface area contributed by atoms with E-state index in [-0.39, 0.29) is 18.3 Å². The summed E-state index contributed by atoms with van der Waals surface area (Å²) in [5.74, 6) is -0.392. The predicted octanol–water partition coefficient (Wildman–Crippen LogP) is 2.86. The third-order valence-electron chi connectivity index (χ3n) is 3.03. The number of carbonyl (C=O) groups excluding carboxylic acids is 1. The summed E-state index contributed by atoms with van der Waals surface area (Å²) in [6, 6.07) is 13.8. The van der Waals surface area contributed by atoms with Gasteiger partial charge in [0.1, 0.15) is 5.82 Å². The molecule has 0 unspecified atom stereocenters. The van der Waals surface area contributed by atoms with Gasteiger partial charge in [-0.05, 0) is 42.3 Å². The molecule has 4 heteroatoms. The third-order valence-corrected chi connectivity index (χ3v) is 3.03. The minimum atomic E-state index is -0.292. The number of anilines is 1. The minimum Gasteiger partial charge on any atom is -0.376 e. The van der Waals surface area contributed by atoms with Crippen molar-refractivity contribution < 1.29 is 9.18 Å². The molecule has 1 amide bonds. The van der Waals surface area contributed by atoms with E-state index in [1.807, 2.05) is 31.2 Å². The van der Waals surface area contributed by atoms with Crippen LogP contribution in [0.25, 0.3) is 0 Å². The molecular formula is C16H17FN2O. The number of amides is 1. The van der Waals surface area contributed by atoms with Crippen LogP contribution in [0.15, 0.2) is 48.5 Å². The number of benzene rings is 2. The Morgan fingerprint density at radius 2 is 1.80 bits per heavy atom. The Balaban J connectivity index is 1.78. The van der Waals surface area contributed by atoms with Crippen molar-refractivity contribution in [2.75, 3.05) is 11.9 Å². The van der Waals surface area contributed by atoms with Gasteiger partial charge in [0.05, 0.1) is 6.54 Å². The molecule has 0 aliphatic heterocycles. The molecular weight excluding hydrogens is 255 g/mol. The summed E-state index contributed by atoms with van der Waals surface area (Å²) < 4.78 is 12.7. The lowest BCUT2D eigenvalue weighted by Crippen LogP contribution is -2.29. The Morgan fingerprint density at radius 1 is 1.10 bits per heavy atom. The molecule has 104 valence electrons. The van der Waals surface area contributed by atoms with E-state index in [9.17, 15) is 9.18 Å². The lowest BCUT2D eigenvalue weighted by Gasteiger charge is -2.09. The van der Waals surface area contributed by atoms with Crippen LogP contribution in [0.4, 0.5) is 10.1 Å². The lowest BCUT2D eigenvalue weighted by atomic mass is 10.1. The van der Waals surface area contributed by atoms with Gasteiger partial charge in [0.25, 0.3) is 0 Å². The molecule has 3 nitrogen and oxygen atoms in total. The zero-order chi connectivity index (χ0) is 14.4. The van der Waals surface area contributed by atoms with E-state index in [0.717, 1.165) is 16.8 Å². The van der Waals surface area contributed by atoms with Gasteiger partial charge in [0.15, 0.2) is 0 Å². The van der Waals surface area contributed by atoms with E-state index in [4.69, 9.17) is 0 Å². The van der Waals surface area contributed by atoms with Gasteiger partial charge < -0.3 is 10.6 Å². The highest BCUT2D eigenvalue weighted by Gasteiger charge is 2.02. The van der Waals surface area contributed by atoms with E-state index < -0.39 is 0 Å². The highest BCUT2D eigenvalue weighted by Crippen LogP contribution is 2.08. The fraction of sp³-hybridized carbons (Fsp3) is 0.188. The maximum absolute atomic E-state index is 12.7. The van der Waals surface area contributed by atoms with E-state index in [1.54, 1.807) is 12.1 Å². The van der Waals surface area contributed by atoms with Crippen molar-refractivity contribution in [1.29, 1.82) is 0 Å². The van der Waals surface area contributed by atoms with E-state index >= 15 is 0 Å². The molecule has 0 saturated heterocycles. The Bertz CT molecular complexity index is 581. The van der Waals surface area contributed by atoms with Crippen LogP contribution in [0.1, 0.15) is 11.1 Å². The minimum absolute atomic E-state index is 0.0995. The molecule has 2 aromatic carbocycles. The molecule has 0 aromatic heterocycles. The monoisotopic (exact) mass is 272 g/mol. The second-order valence-electron chi connectivity index (χ2n) is 4.56. The summed E-state index contributed by atoms with van der Waals surface area (Å²) in [5.41, 5.74) is 2.97. The summed E-state index contributed by atoms with van der Waals surface area (Å²) in [7, 11) is 0. The molecule has 0 atom stereocenters. The first-order valence-corrected chi connectivity index (χ1v) is 6.46. The van der Waals surface area contributed by atoms with Gasteiger partial charge in [0, 0.05) is 12.2 Å². The number of hydrogen-bond acceptors (Lipinski definition) is 2. The molecule has 0 aliphatic carbocycles. The van der Waals surface area contributed by atoms with E-state index in [0.29, 0.717) is 6.54 Å². The van der Waals surface area contributed by atoms with E-state index in [1.165, 1.54) is 12.1 Å². The van der Waals surface area contributed by atoms with E-state index in [2.05, 4.69) is 10.6 Å². The van der Waals surface area contributed by atoms with Crippen LogP contribution in [-0.2, 0) is 11.3 Å². The topological polar surface area (TPSA) is 41.1 Å². The zero-order valence-corrected chi connectivity index (χ0v) is 11.3.